The van der Waals surface area contributed by atoms with Crippen molar-refractivity contribution in [2.45, 2.75) is 44.6 Å². The lowest BCUT2D eigenvalue weighted by Crippen LogP contribution is -2.62. The normalized spacial score (nSPS) is 35.9. The zero-order chi connectivity index (χ0) is 23.5. The van der Waals surface area contributed by atoms with E-state index in [1.807, 2.05) is 0 Å². The molecule has 1 aromatic rings. The molecule has 8 nitrogen and oxygen atoms in total. The van der Waals surface area contributed by atoms with Gasteiger partial charge in [-0.15, -0.1) is 0 Å². The minimum atomic E-state index is -3.78. The maximum Gasteiger partial charge on any atom is 0.236 e. The van der Waals surface area contributed by atoms with Gasteiger partial charge in [0.1, 0.15) is 5.69 Å². The van der Waals surface area contributed by atoms with Crippen molar-refractivity contribution in [1.82, 2.24) is 9.62 Å². The number of primary amides is 1. The lowest BCUT2D eigenvalue weighted by molar-refractivity contribution is -0.147. The van der Waals surface area contributed by atoms with E-state index in [4.69, 9.17) is 5.73 Å². The molecule has 182 valence electrons. The fourth-order valence-electron chi connectivity index (χ4n) is 6.86. The van der Waals surface area contributed by atoms with Crippen molar-refractivity contribution in [3.05, 3.63) is 29.8 Å². The Morgan fingerprint density at radius 2 is 1.76 bits per heavy atom. The smallest absolute Gasteiger partial charge is 0.236 e. The summed E-state index contributed by atoms with van der Waals surface area (Å²) in [4.78, 5) is 25.1. The van der Waals surface area contributed by atoms with Crippen LogP contribution >= 0.6 is 11.0 Å². The van der Waals surface area contributed by atoms with Crippen molar-refractivity contribution in [3.8, 4) is 0 Å². The average Bonchev–Trinajstić information content (AvgIpc) is 2.72. The van der Waals surface area contributed by atoms with Gasteiger partial charge in [-0.2, -0.15) is 4.31 Å². The zero-order valence-corrected chi connectivity index (χ0v) is 19.1. The third-order valence-corrected chi connectivity index (χ3v) is 10.0. The van der Waals surface area contributed by atoms with Crippen LogP contribution in [0.1, 0.15) is 38.5 Å². The van der Waals surface area contributed by atoms with E-state index < -0.39 is 33.7 Å². The predicted molar refractivity (Wildman–Crippen MR) is 120 cm³/mol. The highest BCUT2D eigenvalue weighted by Crippen LogP contribution is 2.60. The highest BCUT2D eigenvalue weighted by molar-refractivity contribution is 8.23. The van der Waals surface area contributed by atoms with Gasteiger partial charge in [0.2, 0.25) is 11.8 Å². The molecule has 5 N–H and O–H groups in total. The molecule has 2 unspecified atom stereocenters. The Morgan fingerprint density at radius 3 is 2.36 bits per heavy atom. The molecule has 33 heavy (non-hydrogen) atoms. The number of benzene rings is 1. The Morgan fingerprint density at radius 1 is 1.12 bits per heavy atom. The summed E-state index contributed by atoms with van der Waals surface area (Å²) >= 11 is 0. The first kappa shape index (κ1) is 22.8. The number of nitrogens with two attached hydrogens (primary N) is 1. The van der Waals surface area contributed by atoms with Crippen LogP contribution in [0.5, 0.6) is 0 Å². The molecule has 11 heteroatoms. The van der Waals surface area contributed by atoms with Crippen LogP contribution < -0.4 is 15.4 Å². The van der Waals surface area contributed by atoms with Gasteiger partial charge in [0.15, 0.2) is 11.6 Å². The highest BCUT2D eigenvalue weighted by atomic mass is 32.3. The number of halogens is 2. The van der Waals surface area contributed by atoms with Crippen LogP contribution in [0.15, 0.2) is 18.2 Å². The van der Waals surface area contributed by atoms with Crippen LogP contribution in [-0.4, -0.2) is 50.9 Å². The first-order valence-electron chi connectivity index (χ1n) is 11.4. The van der Waals surface area contributed by atoms with E-state index in [9.17, 15) is 27.5 Å². The van der Waals surface area contributed by atoms with Crippen LogP contribution in [0.25, 0.3) is 0 Å². The minimum Gasteiger partial charge on any atom is -0.369 e. The Labute approximate surface area is 193 Å². The number of hydrogen-bond donors (Lipinski definition) is 4. The second kappa shape index (κ2) is 8.07. The molecular weight excluding hydrogens is 454 g/mol. The molecule has 0 spiro atoms. The van der Waals surface area contributed by atoms with E-state index in [0.29, 0.717) is 25.2 Å². The van der Waals surface area contributed by atoms with Gasteiger partial charge in [0.05, 0.1) is 6.54 Å². The summed E-state index contributed by atoms with van der Waals surface area (Å²) in [6.45, 7) is -0.0242. The van der Waals surface area contributed by atoms with Gasteiger partial charge in [-0.25, -0.2) is 8.78 Å². The molecule has 1 heterocycles. The molecule has 1 aliphatic heterocycles. The largest absolute Gasteiger partial charge is 0.369 e. The average molecular weight is 485 g/mol. The van der Waals surface area contributed by atoms with Crippen molar-refractivity contribution in [2.24, 2.45) is 28.9 Å². The molecule has 5 fully saturated rings. The van der Waals surface area contributed by atoms with Crippen molar-refractivity contribution < 1.29 is 27.5 Å². The topological polar surface area (TPSA) is 119 Å². The standard InChI is InChI=1S/C22H30F2N4O4S/c23-16-3-1-4-17(24)20(16)28-6-2-5-27(33(28,31)32)12-18(29)26-19-14-7-13-8-15(19)11-22(9-13,10-14)21(25)30/h1,3-4,13-15,19,31-32H,2,5-12H2,(H2,25,30)(H,26,29). The summed E-state index contributed by atoms with van der Waals surface area (Å²) in [6, 6.07) is 3.26. The van der Waals surface area contributed by atoms with Crippen LogP contribution in [0, 0.1) is 34.8 Å². The van der Waals surface area contributed by atoms with E-state index in [2.05, 4.69) is 5.32 Å². The lowest BCUT2D eigenvalue weighted by Gasteiger charge is -2.59. The second-order valence-electron chi connectivity index (χ2n) is 10.1. The summed E-state index contributed by atoms with van der Waals surface area (Å²) in [7, 11) is -3.78. The number of amides is 2. The Bertz CT molecular complexity index is 943. The van der Waals surface area contributed by atoms with Gasteiger partial charge in [0.25, 0.3) is 0 Å². The minimum absolute atomic E-state index is 0.0572. The maximum absolute atomic E-state index is 14.3. The first-order valence-corrected chi connectivity index (χ1v) is 12.9. The molecular formula is C22H30F2N4O4S. The number of hydrogen-bond acceptors (Lipinski definition) is 6. The van der Waals surface area contributed by atoms with Crippen LogP contribution in [0.3, 0.4) is 0 Å². The van der Waals surface area contributed by atoms with Crippen molar-refractivity contribution >= 4 is 28.5 Å². The lowest BCUT2D eigenvalue weighted by atomic mass is 9.47. The summed E-state index contributed by atoms with van der Waals surface area (Å²) in [5, 5.41) is 3.07. The van der Waals surface area contributed by atoms with Gasteiger partial charge >= 0.3 is 0 Å². The Hall–Kier alpha value is -1.95. The summed E-state index contributed by atoms with van der Waals surface area (Å²) in [6.07, 6.45) is 4.52. The van der Waals surface area contributed by atoms with E-state index in [1.165, 1.54) is 10.4 Å². The second-order valence-corrected chi connectivity index (χ2v) is 12.0. The van der Waals surface area contributed by atoms with E-state index in [1.54, 1.807) is 0 Å². The summed E-state index contributed by atoms with van der Waals surface area (Å²) in [5.74, 6) is -1.57. The molecule has 2 amide bonds. The van der Waals surface area contributed by atoms with Crippen molar-refractivity contribution in [1.29, 1.82) is 0 Å². The number of nitrogens with zero attached hydrogens (tertiary/aromatic N) is 2. The molecule has 1 aromatic carbocycles. The summed E-state index contributed by atoms with van der Waals surface area (Å²) < 4.78 is 52.5. The number of rotatable bonds is 5. The maximum atomic E-state index is 14.3. The number of carbonyl (C=O) groups excluding carboxylic acids is 2. The molecule has 5 aliphatic rings. The number of nitrogens with one attached hydrogen (secondary N) is 1. The molecule has 4 bridgehead atoms. The Balaban J connectivity index is 1.28. The number of carbonyl (C=O) groups is 2. The number of para-hydroxylation sites is 1. The third kappa shape index (κ3) is 3.78. The monoisotopic (exact) mass is 484 g/mol. The molecule has 2 atom stereocenters. The van der Waals surface area contributed by atoms with Crippen molar-refractivity contribution in [2.75, 3.05) is 23.9 Å². The van der Waals surface area contributed by atoms with Crippen LogP contribution in [-0.2, 0) is 9.59 Å². The highest BCUT2D eigenvalue weighted by Gasteiger charge is 2.58. The molecule has 4 aliphatic carbocycles. The third-order valence-electron chi connectivity index (χ3n) is 8.04. The van der Waals surface area contributed by atoms with Gasteiger partial charge < -0.3 is 11.1 Å². The number of anilines is 1. The van der Waals surface area contributed by atoms with Crippen molar-refractivity contribution in [3.63, 3.8) is 0 Å². The molecule has 0 radical (unpaired) electrons. The zero-order valence-electron chi connectivity index (χ0n) is 18.3. The molecule has 6 rings (SSSR count). The van der Waals surface area contributed by atoms with Gasteiger partial charge in [0, 0.05) is 24.5 Å². The van der Waals surface area contributed by atoms with E-state index in [0.717, 1.165) is 35.7 Å². The fraction of sp³-hybridized carbons (Fsp3) is 0.636. The van der Waals surface area contributed by atoms with Gasteiger partial charge in [-0.05, 0) is 79.4 Å². The fourth-order valence-corrected chi connectivity index (χ4v) is 8.59. The van der Waals surface area contributed by atoms with Gasteiger partial charge in [-0.3, -0.25) is 23.0 Å². The van der Waals surface area contributed by atoms with Crippen LogP contribution in [0.2, 0.25) is 0 Å². The quantitative estimate of drug-likeness (QED) is 0.510. The summed E-state index contributed by atoms with van der Waals surface area (Å²) in [5.41, 5.74) is 4.78. The molecule has 1 saturated heterocycles. The van der Waals surface area contributed by atoms with Gasteiger partial charge in [-0.1, -0.05) is 6.07 Å². The van der Waals surface area contributed by atoms with Crippen LogP contribution in [0.4, 0.5) is 14.5 Å². The predicted octanol–water partition coefficient (Wildman–Crippen LogP) is 2.85. The Kier molecular flexibility index (Phi) is 5.58. The molecule has 0 aromatic heterocycles. The molecule has 4 saturated carbocycles. The van der Waals surface area contributed by atoms with E-state index in [-0.39, 0.29) is 49.3 Å². The first-order chi connectivity index (χ1) is 15.6. The van der Waals surface area contributed by atoms with E-state index >= 15 is 0 Å². The SMILES string of the molecule is NC(=O)C12CC3CC(C1)C(NC(=O)CN1CCCN(c4c(F)cccc4F)S1(O)O)C(C3)C2.